The van der Waals surface area contributed by atoms with Gasteiger partial charge in [-0.05, 0) is 32.3 Å². The van der Waals surface area contributed by atoms with Crippen LogP contribution in [0, 0.1) is 0 Å². The predicted octanol–water partition coefficient (Wildman–Crippen LogP) is 1.97. The largest absolute Gasteiger partial charge is 0.416 e. The molecule has 0 unspecified atom stereocenters. The van der Waals surface area contributed by atoms with Crippen LogP contribution >= 0.6 is 0 Å². The highest BCUT2D eigenvalue weighted by atomic mass is 19.4. The SMILES string of the molecule is CN(C)CCN1CCN(c2ccc(C(F)(F)F)cc2N)CC1. The number of piperazine rings is 1. The van der Waals surface area contributed by atoms with Crippen LogP contribution < -0.4 is 10.6 Å². The van der Waals surface area contributed by atoms with Gasteiger partial charge in [-0.25, -0.2) is 0 Å². The molecule has 1 aliphatic rings. The number of nitrogen functional groups attached to an aromatic ring is 1. The van der Waals surface area contributed by atoms with Gasteiger partial charge in [-0.1, -0.05) is 0 Å². The van der Waals surface area contributed by atoms with Crippen molar-refractivity contribution in [2.75, 3.05) is 64.0 Å². The first-order valence-electron chi connectivity index (χ1n) is 7.36. The summed E-state index contributed by atoms with van der Waals surface area (Å²) in [7, 11) is 4.08. The second-order valence-electron chi connectivity index (χ2n) is 5.90. The number of nitrogens with two attached hydrogens (primary N) is 1. The number of hydrogen-bond acceptors (Lipinski definition) is 4. The van der Waals surface area contributed by atoms with Crippen molar-refractivity contribution in [1.29, 1.82) is 0 Å². The molecule has 7 heteroatoms. The summed E-state index contributed by atoms with van der Waals surface area (Å²) in [5, 5.41) is 0. The molecule has 2 rings (SSSR count). The molecule has 2 N–H and O–H groups in total. The standard InChI is InChI=1S/C15H23F3N4/c1-20(2)5-6-21-7-9-22(10-8-21)14-4-3-12(11-13(14)19)15(16,17)18/h3-4,11H,5-10,19H2,1-2H3. The summed E-state index contributed by atoms with van der Waals surface area (Å²) in [5.41, 5.74) is 6.01. The average molecular weight is 316 g/mol. The van der Waals surface area contributed by atoms with Crippen LogP contribution in [0.15, 0.2) is 18.2 Å². The van der Waals surface area contributed by atoms with E-state index < -0.39 is 11.7 Å². The van der Waals surface area contributed by atoms with E-state index in [4.69, 9.17) is 5.73 Å². The zero-order valence-corrected chi connectivity index (χ0v) is 13.0. The Morgan fingerprint density at radius 1 is 1.14 bits per heavy atom. The van der Waals surface area contributed by atoms with Crippen molar-refractivity contribution in [1.82, 2.24) is 9.80 Å². The lowest BCUT2D eigenvalue weighted by Gasteiger charge is -2.37. The fourth-order valence-electron chi connectivity index (χ4n) is 2.57. The van der Waals surface area contributed by atoms with Gasteiger partial charge in [0.05, 0.1) is 16.9 Å². The van der Waals surface area contributed by atoms with Gasteiger partial charge < -0.3 is 15.5 Å². The van der Waals surface area contributed by atoms with E-state index in [1.807, 2.05) is 14.1 Å². The summed E-state index contributed by atoms with van der Waals surface area (Å²) < 4.78 is 38.0. The monoisotopic (exact) mass is 316 g/mol. The molecule has 0 aromatic heterocycles. The number of alkyl halides is 3. The van der Waals surface area contributed by atoms with E-state index >= 15 is 0 Å². The Labute approximate surface area is 129 Å². The fourth-order valence-corrected chi connectivity index (χ4v) is 2.57. The normalized spacial score (nSPS) is 17.3. The molecule has 1 fully saturated rings. The van der Waals surface area contributed by atoms with E-state index in [1.54, 1.807) is 0 Å². The molecule has 4 nitrogen and oxygen atoms in total. The number of hydrogen-bond donors (Lipinski definition) is 1. The molecule has 0 spiro atoms. The molecule has 0 amide bonds. The van der Waals surface area contributed by atoms with Gasteiger partial charge in [0, 0.05) is 39.3 Å². The van der Waals surface area contributed by atoms with Crippen LogP contribution in [0.4, 0.5) is 24.5 Å². The molecule has 1 aliphatic heterocycles. The molecule has 0 radical (unpaired) electrons. The minimum Gasteiger partial charge on any atom is -0.397 e. The number of anilines is 2. The van der Waals surface area contributed by atoms with Crippen molar-refractivity contribution in [3.05, 3.63) is 23.8 Å². The van der Waals surface area contributed by atoms with E-state index in [0.717, 1.165) is 51.4 Å². The summed E-state index contributed by atoms with van der Waals surface area (Å²) in [6.45, 7) is 5.36. The minimum atomic E-state index is -4.35. The van der Waals surface area contributed by atoms with E-state index in [-0.39, 0.29) is 5.69 Å². The minimum absolute atomic E-state index is 0.191. The molecule has 1 aromatic carbocycles. The lowest BCUT2D eigenvalue weighted by atomic mass is 10.1. The molecule has 1 saturated heterocycles. The Morgan fingerprint density at radius 3 is 2.27 bits per heavy atom. The van der Waals surface area contributed by atoms with Gasteiger partial charge in [0.1, 0.15) is 0 Å². The molecule has 0 atom stereocenters. The number of likely N-dealkylation sites (N-methyl/N-ethyl adjacent to an activating group) is 1. The van der Waals surface area contributed by atoms with Crippen LogP contribution in [0.2, 0.25) is 0 Å². The van der Waals surface area contributed by atoms with Crippen LogP contribution in [0.1, 0.15) is 5.56 Å². The first-order chi connectivity index (χ1) is 10.3. The third-order valence-corrected chi connectivity index (χ3v) is 3.93. The summed E-state index contributed by atoms with van der Waals surface area (Å²) >= 11 is 0. The highest BCUT2D eigenvalue weighted by molar-refractivity contribution is 5.69. The summed E-state index contributed by atoms with van der Waals surface area (Å²) in [6.07, 6.45) is -4.35. The Bertz CT molecular complexity index is 494. The van der Waals surface area contributed by atoms with E-state index in [2.05, 4.69) is 14.7 Å². The first-order valence-corrected chi connectivity index (χ1v) is 7.36. The molecule has 0 saturated carbocycles. The number of halogens is 3. The fraction of sp³-hybridized carbons (Fsp3) is 0.600. The molecule has 22 heavy (non-hydrogen) atoms. The molecule has 0 bridgehead atoms. The highest BCUT2D eigenvalue weighted by Crippen LogP contribution is 2.34. The third-order valence-electron chi connectivity index (χ3n) is 3.93. The van der Waals surface area contributed by atoms with Gasteiger partial charge >= 0.3 is 6.18 Å². The van der Waals surface area contributed by atoms with Crippen molar-refractivity contribution in [2.24, 2.45) is 0 Å². The molecular formula is C15H23F3N4. The van der Waals surface area contributed by atoms with E-state index in [9.17, 15) is 13.2 Å². The van der Waals surface area contributed by atoms with Gasteiger partial charge in [0.25, 0.3) is 0 Å². The van der Waals surface area contributed by atoms with Crippen molar-refractivity contribution in [3.63, 3.8) is 0 Å². The van der Waals surface area contributed by atoms with E-state index in [0.29, 0.717) is 5.69 Å². The summed E-state index contributed by atoms with van der Waals surface area (Å²) in [4.78, 5) is 6.55. The van der Waals surface area contributed by atoms with Crippen LogP contribution in [-0.2, 0) is 6.18 Å². The molecule has 1 heterocycles. The number of nitrogens with zero attached hydrogens (tertiary/aromatic N) is 3. The second-order valence-corrected chi connectivity index (χ2v) is 5.90. The number of benzene rings is 1. The zero-order valence-electron chi connectivity index (χ0n) is 13.0. The van der Waals surface area contributed by atoms with Crippen LogP contribution in [0.5, 0.6) is 0 Å². The molecule has 1 aromatic rings. The maximum Gasteiger partial charge on any atom is 0.416 e. The zero-order chi connectivity index (χ0) is 16.3. The lowest BCUT2D eigenvalue weighted by Crippen LogP contribution is -2.48. The van der Waals surface area contributed by atoms with Crippen molar-refractivity contribution in [3.8, 4) is 0 Å². The Balaban J connectivity index is 1.97. The van der Waals surface area contributed by atoms with Crippen LogP contribution in [0.3, 0.4) is 0 Å². The Hall–Kier alpha value is -1.47. The van der Waals surface area contributed by atoms with Crippen molar-refractivity contribution < 1.29 is 13.2 Å². The highest BCUT2D eigenvalue weighted by Gasteiger charge is 2.31. The Kier molecular flexibility index (Phi) is 5.18. The number of rotatable bonds is 4. The summed E-state index contributed by atoms with van der Waals surface area (Å²) in [5.74, 6) is 0. The van der Waals surface area contributed by atoms with E-state index in [1.165, 1.54) is 6.07 Å². The maximum atomic E-state index is 12.7. The predicted molar refractivity (Wildman–Crippen MR) is 83.1 cm³/mol. The Morgan fingerprint density at radius 2 is 1.77 bits per heavy atom. The lowest BCUT2D eigenvalue weighted by molar-refractivity contribution is -0.137. The van der Waals surface area contributed by atoms with Crippen LogP contribution in [0.25, 0.3) is 0 Å². The second kappa shape index (κ2) is 6.75. The van der Waals surface area contributed by atoms with Gasteiger partial charge in [0.15, 0.2) is 0 Å². The first kappa shape index (κ1) is 16.9. The smallest absolute Gasteiger partial charge is 0.397 e. The van der Waals surface area contributed by atoms with Crippen molar-refractivity contribution in [2.45, 2.75) is 6.18 Å². The molecule has 0 aliphatic carbocycles. The van der Waals surface area contributed by atoms with Crippen LogP contribution in [-0.4, -0.2) is 63.2 Å². The average Bonchev–Trinajstić information content (AvgIpc) is 2.44. The van der Waals surface area contributed by atoms with Gasteiger partial charge in [-0.3, -0.25) is 4.90 Å². The maximum absolute atomic E-state index is 12.7. The third kappa shape index (κ3) is 4.27. The van der Waals surface area contributed by atoms with Gasteiger partial charge in [-0.2, -0.15) is 13.2 Å². The van der Waals surface area contributed by atoms with Gasteiger partial charge in [0.2, 0.25) is 0 Å². The summed E-state index contributed by atoms with van der Waals surface area (Å²) in [6, 6.07) is 3.60. The van der Waals surface area contributed by atoms with Crippen molar-refractivity contribution >= 4 is 11.4 Å². The molecule has 124 valence electrons. The molecular weight excluding hydrogens is 293 g/mol. The van der Waals surface area contributed by atoms with Gasteiger partial charge in [-0.15, -0.1) is 0 Å². The quantitative estimate of drug-likeness (QED) is 0.862. The topological polar surface area (TPSA) is 35.7 Å².